The highest BCUT2D eigenvalue weighted by Crippen LogP contribution is 2.28. The summed E-state index contributed by atoms with van der Waals surface area (Å²) in [6.45, 7) is 5.37. The number of carbonyl (C=O) groups excluding carboxylic acids is 2. The van der Waals surface area contributed by atoms with Gasteiger partial charge < -0.3 is 0 Å². The zero-order valence-electron chi connectivity index (χ0n) is 9.82. The Morgan fingerprint density at radius 2 is 1.71 bits per heavy atom. The largest absolute Gasteiger partial charge is 0.289 e. The minimum atomic E-state index is -0.0285. The van der Waals surface area contributed by atoms with E-state index in [1.165, 1.54) is 0 Å². The minimum Gasteiger partial charge on any atom is -0.289 e. The number of hydrogen-bond donors (Lipinski definition) is 0. The Hall–Kier alpha value is -1.96. The molecule has 0 unspecified atom stereocenters. The van der Waals surface area contributed by atoms with Crippen molar-refractivity contribution in [2.24, 2.45) is 0 Å². The molecule has 0 N–H and O–H groups in total. The Bertz CT molecular complexity index is 536. The molecular weight excluding hydrogens is 212 g/mol. The van der Waals surface area contributed by atoms with Crippen molar-refractivity contribution in [3.05, 3.63) is 59.2 Å². The molecular formula is C15H14O2. The SMILES string of the molecule is C=CCCC1=C(C)C(=O)c2ccccc2C1=O. The molecule has 1 aliphatic carbocycles. The molecule has 1 aromatic carbocycles. The third-order valence-electron chi connectivity index (χ3n) is 3.08. The van der Waals surface area contributed by atoms with Crippen LogP contribution in [0.4, 0.5) is 0 Å². The van der Waals surface area contributed by atoms with E-state index in [2.05, 4.69) is 6.58 Å². The lowest BCUT2D eigenvalue weighted by Gasteiger charge is -2.18. The van der Waals surface area contributed by atoms with E-state index < -0.39 is 0 Å². The van der Waals surface area contributed by atoms with E-state index in [-0.39, 0.29) is 11.6 Å². The summed E-state index contributed by atoms with van der Waals surface area (Å²) in [7, 11) is 0. The number of Topliss-reactive ketones (excluding diaryl/α,β-unsaturated/α-hetero) is 2. The van der Waals surface area contributed by atoms with Crippen molar-refractivity contribution in [2.45, 2.75) is 19.8 Å². The van der Waals surface area contributed by atoms with Crippen LogP contribution in [-0.4, -0.2) is 11.6 Å². The Morgan fingerprint density at radius 1 is 1.12 bits per heavy atom. The lowest BCUT2D eigenvalue weighted by molar-refractivity contribution is 0.0972. The molecule has 0 bridgehead atoms. The van der Waals surface area contributed by atoms with Crippen LogP contribution in [0.5, 0.6) is 0 Å². The number of benzene rings is 1. The predicted octanol–water partition coefficient (Wildman–Crippen LogP) is 3.35. The van der Waals surface area contributed by atoms with Crippen molar-refractivity contribution in [3.63, 3.8) is 0 Å². The second-order valence-corrected chi connectivity index (χ2v) is 4.13. The highest BCUT2D eigenvalue weighted by molar-refractivity contribution is 6.26. The first-order valence-electron chi connectivity index (χ1n) is 5.66. The highest BCUT2D eigenvalue weighted by Gasteiger charge is 2.28. The van der Waals surface area contributed by atoms with Gasteiger partial charge in [0.1, 0.15) is 0 Å². The molecule has 0 saturated carbocycles. The van der Waals surface area contributed by atoms with Crippen LogP contribution in [0, 0.1) is 0 Å². The van der Waals surface area contributed by atoms with Crippen LogP contribution in [0.1, 0.15) is 40.5 Å². The van der Waals surface area contributed by atoms with E-state index in [1.807, 2.05) is 0 Å². The zero-order chi connectivity index (χ0) is 12.4. The number of ketones is 2. The molecule has 0 heterocycles. The average Bonchev–Trinajstić information content (AvgIpc) is 2.36. The molecule has 86 valence electrons. The van der Waals surface area contributed by atoms with Gasteiger partial charge >= 0.3 is 0 Å². The highest BCUT2D eigenvalue weighted by atomic mass is 16.1. The molecule has 0 fully saturated rings. The second-order valence-electron chi connectivity index (χ2n) is 4.13. The fourth-order valence-electron chi connectivity index (χ4n) is 2.10. The topological polar surface area (TPSA) is 34.1 Å². The molecule has 0 radical (unpaired) electrons. The summed E-state index contributed by atoms with van der Waals surface area (Å²) in [6, 6.07) is 7.00. The van der Waals surface area contributed by atoms with Crippen molar-refractivity contribution in [1.82, 2.24) is 0 Å². The van der Waals surface area contributed by atoms with Gasteiger partial charge in [-0.3, -0.25) is 9.59 Å². The third-order valence-corrected chi connectivity index (χ3v) is 3.08. The van der Waals surface area contributed by atoms with Crippen LogP contribution in [0.25, 0.3) is 0 Å². The third kappa shape index (κ3) is 1.86. The van der Waals surface area contributed by atoms with Crippen molar-refractivity contribution in [2.75, 3.05) is 0 Å². The standard InChI is InChI=1S/C15H14O2/c1-3-4-7-11-10(2)14(16)12-8-5-6-9-13(12)15(11)17/h3,5-6,8-9H,1,4,7H2,2H3. The van der Waals surface area contributed by atoms with Crippen molar-refractivity contribution in [3.8, 4) is 0 Å². The van der Waals surface area contributed by atoms with Gasteiger partial charge in [-0.05, 0) is 19.8 Å². The maximum atomic E-state index is 12.2. The quantitative estimate of drug-likeness (QED) is 0.741. The van der Waals surface area contributed by atoms with E-state index in [0.29, 0.717) is 35.1 Å². The van der Waals surface area contributed by atoms with Gasteiger partial charge in [-0.25, -0.2) is 0 Å². The zero-order valence-corrected chi connectivity index (χ0v) is 9.82. The maximum absolute atomic E-state index is 12.2. The van der Waals surface area contributed by atoms with Gasteiger partial charge in [0.25, 0.3) is 0 Å². The fraction of sp³-hybridized carbons (Fsp3) is 0.200. The predicted molar refractivity (Wildman–Crippen MR) is 67.2 cm³/mol. The van der Waals surface area contributed by atoms with Crippen LogP contribution in [0.3, 0.4) is 0 Å². The number of hydrogen-bond acceptors (Lipinski definition) is 2. The molecule has 0 aromatic heterocycles. The minimum absolute atomic E-state index is 0.0143. The lowest BCUT2D eigenvalue weighted by Crippen LogP contribution is -2.20. The second kappa shape index (κ2) is 4.50. The molecule has 0 aliphatic heterocycles. The Labute approximate surface area is 101 Å². The Morgan fingerprint density at radius 3 is 2.29 bits per heavy atom. The van der Waals surface area contributed by atoms with Crippen LogP contribution >= 0.6 is 0 Å². The molecule has 0 amide bonds. The van der Waals surface area contributed by atoms with E-state index in [1.54, 1.807) is 37.3 Å². The molecule has 0 spiro atoms. The van der Waals surface area contributed by atoms with E-state index in [9.17, 15) is 9.59 Å². The first kappa shape index (κ1) is 11.5. The van der Waals surface area contributed by atoms with Crippen molar-refractivity contribution < 1.29 is 9.59 Å². The van der Waals surface area contributed by atoms with Gasteiger partial charge in [0.2, 0.25) is 0 Å². The van der Waals surface area contributed by atoms with Gasteiger partial charge in [-0.15, -0.1) is 6.58 Å². The average molecular weight is 226 g/mol. The van der Waals surface area contributed by atoms with Crippen LogP contribution in [-0.2, 0) is 0 Å². The van der Waals surface area contributed by atoms with Gasteiger partial charge in [0.15, 0.2) is 11.6 Å². The van der Waals surface area contributed by atoms with Crippen molar-refractivity contribution >= 4 is 11.6 Å². The van der Waals surface area contributed by atoms with Gasteiger partial charge in [0, 0.05) is 22.3 Å². The molecule has 0 atom stereocenters. The number of carbonyl (C=O) groups is 2. The number of rotatable bonds is 3. The molecule has 17 heavy (non-hydrogen) atoms. The summed E-state index contributed by atoms with van der Waals surface area (Å²) in [5, 5.41) is 0. The molecule has 1 aromatic rings. The van der Waals surface area contributed by atoms with Crippen LogP contribution in [0.15, 0.2) is 48.1 Å². The summed E-state index contributed by atoms with van der Waals surface area (Å²) in [5.74, 6) is -0.0428. The normalized spacial score (nSPS) is 14.9. The van der Waals surface area contributed by atoms with Gasteiger partial charge in [-0.1, -0.05) is 30.3 Å². The summed E-state index contributed by atoms with van der Waals surface area (Å²) in [4.78, 5) is 24.3. The van der Waals surface area contributed by atoms with E-state index in [0.717, 1.165) is 0 Å². The summed E-state index contributed by atoms with van der Waals surface area (Å²) in [6.07, 6.45) is 3.07. The van der Waals surface area contributed by atoms with E-state index >= 15 is 0 Å². The number of fused-ring (bicyclic) bond motifs is 1. The molecule has 2 rings (SSSR count). The fourth-order valence-corrected chi connectivity index (χ4v) is 2.10. The lowest BCUT2D eigenvalue weighted by atomic mass is 9.83. The first-order valence-corrected chi connectivity index (χ1v) is 5.66. The van der Waals surface area contributed by atoms with E-state index in [4.69, 9.17) is 0 Å². The molecule has 2 nitrogen and oxygen atoms in total. The van der Waals surface area contributed by atoms with Gasteiger partial charge in [0.05, 0.1) is 0 Å². The van der Waals surface area contributed by atoms with Crippen LogP contribution in [0.2, 0.25) is 0 Å². The molecule has 2 heteroatoms. The Kier molecular flexibility index (Phi) is 3.05. The van der Waals surface area contributed by atoms with Crippen LogP contribution < -0.4 is 0 Å². The summed E-state index contributed by atoms with van der Waals surface area (Å²) in [5.41, 5.74) is 2.27. The first-order chi connectivity index (χ1) is 8.16. The monoisotopic (exact) mass is 226 g/mol. The summed E-state index contributed by atoms with van der Waals surface area (Å²) < 4.78 is 0. The number of allylic oxidation sites excluding steroid dienone is 3. The summed E-state index contributed by atoms with van der Waals surface area (Å²) >= 11 is 0. The maximum Gasteiger partial charge on any atom is 0.190 e. The smallest absolute Gasteiger partial charge is 0.190 e. The molecule has 0 saturated heterocycles. The van der Waals surface area contributed by atoms with Gasteiger partial charge in [-0.2, -0.15) is 0 Å². The van der Waals surface area contributed by atoms with Crippen molar-refractivity contribution in [1.29, 1.82) is 0 Å². The Balaban J connectivity index is 2.50. The molecule has 1 aliphatic rings.